The molecule has 0 radical (unpaired) electrons. The number of amides is 1. The third-order valence-corrected chi connectivity index (χ3v) is 4.83. The highest BCUT2D eigenvalue weighted by atomic mass is 16.4. The Morgan fingerprint density at radius 3 is 2.68 bits per heavy atom. The molecule has 0 aromatic heterocycles. The van der Waals surface area contributed by atoms with Gasteiger partial charge in [0.1, 0.15) is 0 Å². The smallest absolute Gasteiger partial charge is 0.308 e. The summed E-state index contributed by atoms with van der Waals surface area (Å²) in [7, 11) is 0. The molecule has 2 aliphatic carbocycles. The largest absolute Gasteiger partial charge is 0.481 e. The fraction of sp³-hybridized carbons (Fsp3) is 0.556. The molecule has 1 amide bonds. The van der Waals surface area contributed by atoms with Crippen LogP contribution in [0.4, 0.5) is 0 Å². The van der Waals surface area contributed by atoms with Gasteiger partial charge in [-0.05, 0) is 43.2 Å². The molecule has 1 aromatic carbocycles. The molecule has 2 atom stereocenters. The van der Waals surface area contributed by atoms with E-state index in [1.165, 1.54) is 5.56 Å². The fourth-order valence-corrected chi connectivity index (χ4v) is 3.39. The van der Waals surface area contributed by atoms with Crippen molar-refractivity contribution >= 4 is 11.9 Å². The summed E-state index contributed by atoms with van der Waals surface area (Å²) in [5.74, 6) is -1.31. The molecule has 0 saturated heterocycles. The molecule has 118 valence electrons. The van der Waals surface area contributed by atoms with Crippen LogP contribution in [-0.4, -0.2) is 34.5 Å². The lowest BCUT2D eigenvalue weighted by Gasteiger charge is -2.32. The Morgan fingerprint density at radius 1 is 1.27 bits per heavy atom. The van der Waals surface area contributed by atoms with Crippen molar-refractivity contribution in [3.63, 3.8) is 0 Å². The normalized spacial score (nSPS) is 21.8. The van der Waals surface area contributed by atoms with Gasteiger partial charge in [0.15, 0.2) is 0 Å². The van der Waals surface area contributed by atoms with Gasteiger partial charge in [-0.15, -0.1) is 0 Å². The number of carbonyl (C=O) groups is 2. The second-order valence-electron chi connectivity index (χ2n) is 6.60. The van der Waals surface area contributed by atoms with Gasteiger partial charge >= 0.3 is 5.97 Å². The minimum absolute atomic E-state index is 0.0912. The van der Waals surface area contributed by atoms with E-state index in [1.807, 2.05) is 17.0 Å². The van der Waals surface area contributed by atoms with Gasteiger partial charge in [0.05, 0.1) is 11.8 Å². The van der Waals surface area contributed by atoms with Gasteiger partial charge in [-0.3, -0.25) is 9.59 Å². The first-order chi connectivity index (χ1) is 10.6. The molecule has 1 N–H and O–H groups in total. The Hall–Kier alpha value is -1.84. The maximum absolute atomic E-state index is 13.0. The summed E-state index contributed by atoms with van der Waals surface area (Å²) in [6, 6.07) is 8.44. The van der Waals surface area contributed by atoms with Crippen LogP contribution < -0.4 is 0 Å². The number of nitrogens with zero attached hydrogens (tertiary/aromatic N) is 1. The van der Waals surface area contributed by atoms with Crippen LogP contribution in [0.5, 0.6) is 0 Å². The van der Waals surface area contributed by atoms with Crippen molar-refractivity contribution in [1.82, 2.24) is 4.90 Å². The van der Waals surface area contributed by atoms with Crippen LogP contribution in [0, 0.1) is 5.92 Å². The number of carboxylic acids is 1. The topological polar surface area (TPSA) is 57.6 Å². The van der Waals surface area contributed by atoms with E-state index in [4.69, 9.17) is 5.11 Å². The summed E-state index contributed by atoms with van der Waals surface area (Å²) >= 11 is 0. The van der Waals surface area contributed by atoms with Crippen LogP contribution >= 0.6 is 0 Å². The molecule has 4 nitrogen and oxygen atoms in total. The number of benzene rings is 1. The summed E-state index contributed by atoms with van der Waals surface area (Å²) in [6.45, 7) is 2.01. The Bertz CT molecular complexity index is 579. The Kier molecular flexibility index (Phi) is 4.19. The van der Waals surface area contributed by atoms with Gasteiger partial charge in [0.2, 0.25) is 5.91 Å². The molecule has 2 unspecified atom stereocenters. The number of aliphatic carboxylic acids is 1. The molecule has 1 aromatic rings. The second-order valence-corrected chi connectivity index (χ2v) is 6.60. The highest BCUT2D eigenvalue weighted by Gasteiger charge is 2.38. The van der Waals surface area contributed by atoms with E-state index < -0.39 is 11.9 Å². The number of carboxylic acid groups (broad SMARTS) is 1. The average molecular weight is 301 g/mol. The standard InChI is InChI=1S/C18H23NO3/c1-12(18(21)22)11-19(14-9-10-14)17(20)16-8-4-6-13-5-2-3-7-15(13)16/h2-3,5,7,12,14,16H,4,6,8-11H2,1H3,(H,21,22). The van der Waals surface area contributed by atoms with Crippen molar-refractivity contribution < 1.29 is 14.7 Å². The average Bonchev–Trinajstić information content (AvgIpc) is 3.35. The van der Waals surface area contributed by atoms with E-state index in [-0.39, 0.29) is 17.9 Å². The first kappa shape index (κ1) is 15.1. The summed E-state index contributed by atoms with van der Waals surface area (Å²) in [5.41, 5.74) is 2.42. The third-order valence-electron chi connectivity index (χ3n) is 4.83. The molecule has 0 spiro atoms. The quantitative estimate of drug-likeness (QED) is 0.910. The first-order valence-electron chi connectivity index (χ1n) is 8.19. The van der Waals surface area contributed by atoms with Crippen LogP contribution in [0.25, 0.3) is 0 Å². The molecule has 0 aliphatic heterocycles. The summed E-state index contributed by atoms with van der Waals surface area (Å²) in [5, 5.41) is 9.15. The summed E-state index contributed by atoms with van der Waals surface area (Å²) in [6.07, 6.45) is 4.95. The maximum atomic E-state index is 13.0. The van der Waals surface area contributed by atoms with E-state index in [0.29, 0.717) is 6.54 Å². The second kappa shape index (κ2) is 6.11. The van der Waals surface area contributed by atoms with E-state index in [2.05, 4.69) is 12.1 Å². The zero-order valence-corrected chi connectivity index (χ0v) is 13.0. The Morgan fingerprint density at radius 2 is 2.00 bits per heavy atom. The van der Waals surface area contributed by atoms with Crippen LogP contribution in [0.2, 0.25) is 0 Å². The molecular formula is C18H23NO3. The zero-order valence-electron chi connectivity index (χ0n) is 13.0. The minimum Gasteiger partial charge on any atom is -0.481 e. The molecule has 4 heteroatoms. The third kappa shape index (κ3) is 3.01. The molecule has 0 bridgehead atoms. The molecule has 0 heterocycles. The van der Waals surface area contributed by atoms with Crippen LogP contribution in [0.1, 0.15) is 49.7 Å². The van der Waals surface area contributed by atoms with Crippen LogP contribution in [-0.2, 0) is 16.0 Å². The summed E-state index contributed by atoms with van der Waals surface area (Å²) < 4.78 is 0. The zero-order chi connectivity index (χ0) is 15.7. The van der Waals surface area contributed by atoms with Crippen LogP contribution in [0.15, 0.2) is 24.3 Å². The minimum atomic E-state index is -0.831. The highest BCUT2D eigenvalue weighted by molar-refractivity contribution is 5.85. The van der Waals surface area contributed by atoms with E-state index in [0.717, 1.165) is 37.7 Å². The Balaban J connectivity index is 1.81. The summed E-state index contributed by atoms with van der Waals surface area (Å²) in [4.78, 5) is 26.0. The predicted molar refractivity (Wildman–Crippen MR) is 83.7 cm³/mol. The maximum Gasteiger partial charge on any atom is 0.308 e. The van der Waals surface area contributed by atoms with E-state index in [1.54, 1.807) is 6.92 Å². The molecule has 1 fully saturated rings. The highest BCUT2D eigenvalue weighted by Crippen LogP contribution is 2.36. The van der Waals surface area contributed by atoms with E-state index in [9.17, 15) is 9.59 Å². The van der Waals surface area contributed by atoms with Crippen molar-refractivity contribution in [1.29, 1.82) is 0 Å². The lowest BCUT2D eigenvalue weighted by atomic mass is 9.82. The van der Waals surface area contributed by atoms with Gasteiger partial charge in [0.25, 0.3) is 0 Å². The van der Waals surface area contributed by atoms with Gasteiger partial charge in [-0.1, -0.05) is 31.2 Å². The lowest BCUT2D eigenvalue weighted by Crippen LogP contribution is -2.42. The fourth-order valence-electron chi connectivity index (χ4n) is 3.39. The SMILES string of the molecule is CC(CN(C(=O)C1CCCc2ccccc21)C1CC1)C(=O)O. The number of rotatable bonds is 5. The van der Waals surface area contributed by atoms with Crippen molar-refractivity contribution in [2.45, 2.75) is 51.0 Å². The monoisotopic (exact) mass is 301 g/mol. The number of hydrogen-bond donors (Lipinski definition) is 1. The van der Waals surface area contributed by atoms with Crippen molar-refractivity contribution in [3.8, 4) is 0 Å². The van der Waals surface area contributed by atoms with Crippen LogP contribution in [0.3, 0.4) is 0 Å². The van der Waals surface area contributed by atoms with Crippen molar-refractivity contribution in [3.05, 3.63) is 35.4 Å². The Labute approximate surface area is 131 Å². The van der Waals surface area contributed by atoms with Gasteiger partial charge < -0.3 is 10.0 Å². The number of aryl methyl sites for hydroxylation is 1. The predicted octanol–water partition coefficient (Wildman–Crippen LogP) is 2.82. The molecule has 2 aliphatic rings. The lowest BCUT2D eigenvalue weighted by molar-refractivity contribution is -0.143. The van der Waals surface area contributed by atoms with Gasteiger partial charge in [0, 0.05) is 12.6 Å². The molecular weight excluding hydrogens is 278 g/mol. The first-order valence-corrected chi connectivity index (χ1v) is 8.19. The van der Waals surface area contributed by atoms with Gasteiger partial charge in [-0.2, -0.15) is 0 Å². The number of fused-ring (bicyclic) bond motifs is 1. The number of carbonyl (C=O) groups excluding carboxylic acids is 1. The van der Waals surface area contributed by atoms with E-state index >= 15 is 0 Å². The molecule has 22 heavy (non-hydrogen) atoms. The number of hydrogen-bond acceptors (Lipinski definition) is 2. The molecule has 3 rings (SSSR count). The molecule has 1 saturated carbocycles. The van der Waals surface area contributed by atoms with Gasteiger partial charge in [-0.25, -0.2) is 0 Å². The van der Waals surface area contributed by atoms with Crippen molar-refractivity contribution in [2.24, 2.45) is 5.92 Å². The van der Waals surface area contributed by atoms with Crippen molar-refractivity contribution in [2.75, 3.05) is 6.54 Å².